The number of likely N-dealkylation sites (N-methyl/N-ethyl adjacent to an activating group) is 2. The van der Waals surface area contributed by atoms with Crippen LogP contribution in [-0.4, -0.2) is 42.5 Å². The summed E-state index contributed by atoms with van der Waals surface area (Å²) < 4.78 is 53.0. The average Bonchev–Trinajstić information content (AvgIpc) is 2.38. The molecule has 1 aromatic heterocycles. The number of pyridine rings is 1. The van der Waals surface area contributed by atoms with Gasteiger partial charge in [-0.05, 0) is 13.8 Å². The third kappa shape index (κ3) is 3.17. The molecule has 0 atom stereocenters. The van der Waals surface area contributed by atoms with Gasteiger partial charge >= 0.3 is 0 Å². The molecule has 0 aliphatic carbocycles. The fraction of sp³-hybridized carbons (Fsp3) is 0.500. The maximum atomic E-state index is 13.5. The molecule has 0 fully saturated rings. The molecule has 0 saturated heterocycles. The van der Waals surface area contributed by atoms with Crippen LogP contribution in [0.3, 0.4) is 0 Å². The lowest BCUT2D eigenvalue weighted by molar-refractivity contribution is -0.129. The predicted molar refractivity (Wildman–Crippen MR) is 65.3 cm³/mol. The highest BCUT2D eigenvalue weighted by atomic mass is 19.2. The van der Waals surface area contributed by atoms with Gasteiger partial charge in [0, 0.05) is 20.1 Å². The van der Waals surface area contributed by atoms with Crippen LogP contribution in [0.5, 0.6) is 0 Å². The summed E-state index contributed by atoms with van der Waals surface area (Å²) in [4.78, 5) is 16.5. The van der Waals surface area contributed by atoms with E-state index in [1.807, 2.05) is 0 Å². The number of aromatic nitrogens is 1. The molecule has 0 aliphatic rings. The van der Waals surface area contributed by atoms with Gasteiger partial charge < -0.3 is 9.80 Å². The minimum Gasteiger partial charge on any atom is -0.360 e. The van der Waals surface area contributed by atoms with Crippen LogP contribution in [0.15, 0.2) is 0 Å². The Labute approximate surface area is 114 Å². The summed E-state index contributed by atoms with van der Waals surface area (Å²) in [7, 11) is 1.17. The Morgan fingerprint density at radius 1 is 1.05 bits per heavy atom. The van der Waals surface area contributed by atoms with E-state index in [0.29, 0.717) is 13.1 Å². The molecule has 1 amide bonds. The predicted octanol–water partition coefficient (Wildman–Crippen LogP) is 1.94. The van der Waals surface area contributed by atoms with E-state index in [1.165, 1.54) is 11.9 Å². The summed E-state index contributed by atoms with van der Waals surface area (Å²) in [5, 5.41) is 0. The first kappa shape index (κ1) is 16.2. The second-order valence-electron chi connectivity index (χ2n) is 4.09. The molecular weight excluding hydrogens is 278 g/mol. The van der Waals surface area contributed by atoms with Gasteiger partial charge in [-0.2, -0.15) is 22.5 Å². The van der Waals surface area contributed by atoms with Gasteiger partial charge in [0.15, 0.2) is 0 Å². The second-order valence-corrected chi connectivity index (χ2v) is 4.09. The Bertz CT molecular complexity index is 480. The van der Waals surface area contributed by atoms with Crippen molar-refractivity contribution in [1.82, 2.24) is 9.88 Å². The number of amides is 1. The van der Waals surface area contributed by atoms with Crippen LogP contribution >= 0.6 is 0 Å². The molecule has 0 spiro atoms. The maximum Gasteiger partial charge on any atom is 0.253 e. The van der Waals surface area contributed by atoms with Crippen LogP contribution in [0.2, 0.25) is 0 Å². The Balaban J connectivity index is 3.04. The number of halogens is 4. The van der Waals surface area contributed by atoms with E-state index in [9.17, 15) is 22.4 Å². The molecule has 0 N–H and O–H groups in total. The molecule has 0 bridgehead atoms. The van der Waals surface area contributed by atoms with Gasteiger partial charge in [0.2, 0.25) is 17.5 Å². The number of rotatable bonds is 5. The molecule has 1 heterocycles. The van der Waals surface area contributed by atoms with Crippen molar-refractivity contribution in [3.63, 3.8) is 0 Å². The standard InChI is InChI=1S/C12H15F4N3O/c1-4-19(5-2)7(20)6-18(3)10-8(13)11(15)17-12(16)9(10)14/h4-6H2,1-3H3. The number of carbonyl (C=O) groups is 1. The lowest BCUT2D eigenvalue weighted by Gasteiger charge is -2.24. The fourth-order valence-electron chi connectivity index (χ4n) is 1.77. The van der Waals surface area contributed by atoms with Crippen molar-refractivity contribution in [2.45, 2.75) is 13.8 Å². The minimum absolute atomic E-state index is 0.404. The number of nitrogens with zero attached hydrogens (tertiary/aromatic N) is 3. The minimum atomic E-state index is -1.75. The number of hydrogen-bond acceptors (Lipinski definition) is 3. The number of hydrogen-bond donors (Lipinski definition) is 0. The topological polar surface area (TPSA) is 36.4 Å². The lowest BCUT2D eigenvalue weighted by atomic mass is 10.3. The summed E-state index contributed by atoms with van der Waals surface area (Å²) in [6, 6.07) is 0. The molecule has 1 rings (SSSR count). The van der Waals surface area contributed by atoms with E-state index in [4.69, 9.17) is 0 Å². The zero-order valence-electron chi connectivity index (χ0n) is 11.4. The average molecular weight is 293 g/mol. The molecule has 0 radical (unpaired) electrons. The molecule has 0 saturated carbocycles. The van der Waals surface area contributed by atoms with Crippen molar-refractivity contribution in [3.8, 4) is 0 Å². The van der Waals surface area contributed by atoms with Crippen molar-refractivity contribution in [1.29, 1.82) is 0 Å². The van der Waals surface area contributed by atoms with E-state index >= 15 is 0 Å². The largest absolute Gasteiger partial charge is 0.360 e. The summed E-state index contributed by atoms with van der Waals surface area (Å²) in [5.74, 6) is -7.16. The summed E-state index contributed by atoms with van der Waals surface area (Å²) in [5.41, 5.74) is -0.949. The van der Waals surface area contributed by atoms with Crippen LogP contribution < -0.4 is 4.90 Å². The molecule has 4 nitrogen and oxygen atoms in total. The fourth-order valence-corrected chi connectivity index (χ4v) is 1.77. The van der Waals surface area contributed by atoms with Gasteiger partial charge in [0.25, 0.3) is 11.9 Å². The third-order valence-electron chi connectivity index (χ3n) is 2.84. The van der Waals surface area contributed by atoms with Crippen LogP contribution in [0, 0.1) is 23.5 Å². The zero-order chi connectivity index (χ0) is 15.4. The first-order valence-electron chi connectivity index (χ1n) is 6.02. The van der Waals surface area contributed by atoms with Gasteiger partial charge in [-0.1, -0.05) is 0 Å². The van der Waals surface area contributed by atoms with E-state index in [0.717, 1.165) is 4.90 Å². The van der Waals surface area contributed by atoms with Crippen LogP contribution in [-0.2, 0) is 4.79 Å². The summed E-state index contributed by atoms with van der Waals surface area (Å²) in [6.45, 7) is 3.93. The van der Waals surface area contributed by atoms with Crippen molar-refractivity contribution >= 4 is 11.6 Å². The van der Waals surface area contributed by atoms with Gasteiger partial charge in [0.1, 0.15) is 5.69 Å². The third-order valence-corrected chi connectivity index (χ3v) is 2.84. The van der Waals surface area contributed by atoms with Crippen LogP contribution in [0.1, 0.15) is 13.8 Å². The Morgan fingerprint density at radius 3 is 1.90 bits per heavy atom. The quantitative estimate of drug-likeness (QED) is 0.615. The van der Waals surface area contributed by atoms with E-state index in [-0.39, 0.29) is 0 Å². The number of anilines is 1. The van der Waals surface area contributed by atoms with Crippen molar-refractivity contribution in [2.75, 3.05) is 31.6 Å². The molecule has 1 aromatic rings. The normalized spacial score (nSPS) is 10.6. The monoisotopic (exact) mass is 293 g/mol. The van der Waals surface area contributed by atoms with Crippen molar-refractivity contribution in [3.05, 3.63) is 23.5 Å². The molecular formula is C12H15F4N3O. The van der Waals surface area contributed by atoms with E-state index in [1.54, 1.807) is 13.8 Å². The Kier molecular flexibility index (Phi) is 5.29. The summed E-state index contributed by atoms with van der Waals surface area (Å²) in [6.07, 6.45) is 0. The van der Waals surface area contributed by atoms with Gasteiger partial charge in [0.05, 0.1) is 6.54 Å². The van der Waals surface area contributed by atoms with Crippen molar-refractivity contribution < 1.29 is 22.4 Å². The maximum absolute atomic E-state index is 13.5. The van der Waals surface area contributed by atoms with Crippen LogP contribution in [0.25, 0.3) is 0 Å². The lowest BCUT2D eigenvalue weighted by Crippen LogP contribution is -2.39. The van der Waals surface area contributed by atoms with Gasteiger partial charge in [-0.25, -0.2) is 0 Å². The molecule has 112 valence electrons. The number of carbonyl (C=O) groups excluding carboxylic acids is 1. The SMILES string of the molecule is CCN(CC)C(=O)CN(C)c1c(F)c(F)nc(F)c1F. The molecule has 0 unspecified atom stereocenters. The Hall–Kier alpha value is -1.86. The first-order chi connectivity index (χ1) is 9.33. The first-order valence-corrected chi connectivity index (χ1v) is 6.02. The van der Waals surface area contributed by atoms with Crippen LogP contribution in [0.4, 0.5) is 23.2 Å². The van der Waals surface area contributed by atoms with Crippen molar-refractivity contribution in [2.24, 2.45) is 0 Å². The molecule has 0 aliphatic heterocycles. The van der Waals surface area contributed by atoms with E-state index in [2.05, 4.69) is 4.98 Å². The molecule has 8 heteroatoms. The highest BCUT2D eigenvalue weighted by Crippen LogP contribution is 2.25. The highest BCUT2D eigenvalue weighted by Gasteiger charge is 2.25. The highest BCUT2D eigenvalue weighted by molar-refractivity contribution is 5.81. The summed E-state index contributed by atoms with van der Waals surface area (Å²) >= 11 is 0. The van der Waals surface area contributed by atoms with Gasteiger partial charge in [-0.3, -0.25) is 4.79 Å². The second kappa shape index (κ2) is 6.53. The zero-order valence-corrected chi connectivity index (χ0v) is 11.4. The molecule has 20 heavy (non-hydrogen) atoms. The smallest absolute Gasteiger partial charge is 0.253 e. The Morgan fingerprint density at radius 2 is 1.50 bits per heavy atom. The molecule has 0 aromatic carbocycles. The van der Waals surface area contributed by atoms with Gasteiger partial charge in [-0.15, -0.1) is 0 Å². The van der Waals surface area contributed by atoms with E-state index < -0.39 is 41.7 Å².